The van der Waals surface area contributed by atoms with Crippen molar-refractivity contribution in [2.75, 3.05) is 44.7 Å². The number of rotatable bonds is 4. The Labute approximate surface area is 223 Å². The number of hydrogen-bond donors (Lipinski definition) is 1. The minimum absolute atomic E-state index is 0.0383. The van der Waals surface area contributed by atoms with Gasteiger partial charge in [-0.05, 0) is 61.7 Å². The summed E-state index contributed by atoms with van der Waals surface area (Å²) in [5, 5.41) is 2.98. The van der Waals surface area contributed by atoms with Crippen molar-refractivity contribution in [3.63, 3.8) is 0 Å². The number of benzene rings is 2. The van der Waals surface area contributed by atoms with E-state index in [0.717, 1.165) is 12.2 Å². The number of likely N-dealkylation sites (tertiary alicyclic amines) is 1. The summed E-state index contributed by atoms with van der Waals surface area (Å²) >= 11 is 0. The Morgan fingerprint density at radius 2 is 2.00 bits per heavy atom. The maximum atomic E-state index is 8.69. The van der Waals surface area contributed by atoms with Crippen molar-refractivity contribution in [2.45, 2.75) is 25.9 Å². The summed E-state index contributed by atoms with van der Waals surface area (Å²) in [5.41, 5.74) is 0.953. The van der Waals surface area contributed by atoms with Gasteiger partial charge in [-0.25, -0.2) is 9.97 Å². The van der Waals surface area contributed by atoms with E-state index in [-0.39, 0.29) is 41.6 Å². The average molecular weight is 485 g/mol. The van der Waals surface area contributed by atoms with Crippen LogP contribution in [0.5, 0.6) is 5.75 Å². The first-order chi connectivity index (χ1) is 21.7. The first-order valence-electron chi connectivity index (χ1n) is 17.0. The number of hydrogen-bond acceptors (Lipinski definition) is 7. The molecule has 1 saturated heterocycles. The van der Waals surface area contributed by atoms with Crippen molar-refractivity contribution in [3.05, 3.63) is 78.0 Å². The van der Waals surface area contributed by atoms with Gasteiger partial charge in [0, 0.05) is 35.0 Å². The summed E-state index contributed by atoms with van der Waals surface area (Å²) in [4.78, 5) is 9.96. The molecule has 2 aromatic carbocycles. The Morgan fingerprint density at radius 1 is 1.06 bits per heavy atom. The molecule has 3 aromatic rings. The topological polar surface area (TPSA) is 68.7 Å². The normalized spacial score (nSPS) is 30.4. The summed E-state index contributed by atoms with van der Waals surface area (Å²) in [6, 6.07) is 11.9. The predicted molar refractivity (Wildman–Crippen MR) is 137 cm³/mol. The fourth-order valence-corrected chi connectivity index (χ4v) is 3.32. The highest BCUT2D eigenvalue weighted by Gasteiger charge is 2.13. The largest absolute Gasteiger partial charge is 0.492 e. The first-order valence-corrected chi connectivity index (χ1v) is 11.0. The second-order valence-electron chi connectivity index (χ2n) is 7.56. The predicted octanol–water partition coefficient (Wildman–Crippen LogP) is 4.96. The third-order valence-electron chi connectivity index (χ3n) is 5.03. The maximum absolute atomic E-state index is 8.69. The van der Waals surface area contributed by atoms with Gasteiger partial charge < -0.3 is 19.5 Å². The lowest BCUT2D eigenvalue weighted by Gasteiger charge is -2.17. The molecular formula is C28H32N4O3. The smallest absolute Gasteiger partial charge is 0.227 e. The van der Waals surface area contributed by atoms with E-state index < -0.39 is 52.1 Å². The van der Waals surface area contributed by atoms with Gasteiger partial charge in [0.2, 0.25) is 5.95 Å². The molecule has 182 valence electrons. The van der Waals surface area contributed by atoms with E-state index in [9.17, 15) is 0 Å². The van der Waals surface area contributed by atoms with Crippen LogP contribution >= 0.6 is 0 Å². The molecule has 2 aliphatic rings. The van der Waals surface area contributed by atoms with Crippen LogP contribution in [0.15, 0.2) is 66.9 Å². The molecule has 7 heteroatoms. The number of anilines is 2. The van der Waals surface area contributed by atoms with Crippen LogP contribution in [0.3, 0.4) is 0 Å². The van der Waals surface area contributed by atoms with Crippen LogP contribution in [0.4, 0.5) is 11.6 Å². The molecule has 0 aliphatic carbocycles. The Bertz CT molecular complexity index is 1640. The standard InChI is InChI=1S/C28H32N4O3/c1-2-13-32(12-1)14-17-35-27-9-8-25-19-24(27)21-34-16-4-3-15-33-20-22-6-5-7-23(18-22)26-10-11-29-28(30-25)31-26/h3-11,18-19H,1-2,12-17,20-21H2,(H,29,30,31)/b4-3+/i1D2,2D2,15D2,17D2,20D2,21D2. The van der Waals surface area contributed by atoms with Crippen LogP contribution in [0, 0.1) is 0 Å². The van der Waals surface area contributed by atoms with Crippen molar-refractivity contribution in [2.24, 2.45) is 0 Å². The van der Waals surface area contributed by atoms with Gasteiger partial charge in [-0.2, -0.15) is 0 Å². The van der Waals surface area contributed by atoms with E-state index >= 15 is 0 Å². The SMILES string of the molecule is [2H]C1([2H])/C=C/COC([2H])([2H])c2cc(ccc2OC([2H])([2H])CN2CC([2H])([2H])C([2H])([2H])C2)Nc2nccc(n2)-c2cccc(c2)C([2H])([2H])O1. The Balaban J connectivity index is 1.51. The van der Waals surface area contributed by atoms with Gasteiger partial charge in [-0.3, -0.25) is 4.90 Å². The fourth-order valence-electron chi connectivity index (χ4n) is 3.32. The van der Waals surface area contributed by atoms with Gasteiger partial charge in [-0.1, -0.05) is 30.4 Å². The summed E-state index contributed by atoms with van der Waals surface area (Å²) in [7, 11) is 0. The van der Waals surface area contributed by atoms with Crippen LogP contribution in [0.1, 0.15) is 40.3 Å². The van der Waals surface area contributed by atoms with Gasteiger partial charge in [0.25, 0.3) is 0 Å². The number of aromatic nitrogens is 2. The highest BCUT2D eigenvalue weighted by molar-refractivity contribution is 5.63. The van der Waals surface area contributed by atoms with Crippen molar-refractivity contribution in [1.29, 1.82) is 0 Å². The number of fused-ring (bicyclic) bond motifs is 7. The highest BCUT2D eigenvalue weighted by Crippen LogP contribution is 2.26. The minimum Gasteiger partial charge on any atom is -0.492 e. The fraction of sp³-hybridized carbons (Fsp3) is 0.357. The highest BCUT2D eigenvalue weighted by atomic mass is 16.5. The molecule has 0 spiro atoms. The van der Waals surface area contributed by atoms with Gasteiger partial charge in [0.15, 0.2) is 0 Å². The maximum Gasteiger partial charge on any atom is 0.227 e. The first kappa shape index (κ1) is 13.2. The average Bonchev–Trinajstić information content (AvgIpc) is 3.15. The Hall–Kier alpha value is -3.26. The summed E-state index contributed by atoms with van der Waals surface area (Å²) < 4.78 is 116. The van der Waals surface area contributed by atoms with Gasteiger partial charge in [0.1, 0.15) is 12.3 Å². The van der Waals surface area contributed by atoms with Crippen LogP contribution in [-0.4, -0.2) is 54.2 Å². The minimum atomic E-state index is -2.65. The molecule has 1 aromatic heterocycles. The zero-order valence-electron chi connectivity index (χ0n) is 30.7. The number of nitrogens with zero attached hydrogens (tertiary/aromatic N) is 3. The molecule has 7 nitrogen and oxygen atoms in total. The molecule has 0 amide bonds. The number of nitrogens with one attached hydrogen (secondary N) is 1. The molecule has 1 fully saturated rings. The number of ether oxygens (including phenoxy) is 3. The van der Waals surface area contributed by atoms with E-state index in [4.69, 9.17) is 30.7 Å². The molecule has 0 radical (unpaired) electrons. The van der Waals surface area contributed by atoms with E-state index in [1.807, 2.05) is 0 Å². The molecule has 0 atom stereocenters. The molecule has 1 N–H and O–H groups in total. The molecule has 2 aliphatic heterocycles. The lowest BCUT2D eigenvalue weighted by Crippen LogP contribution is -2.25. The lowest BCUT2D eigenvalue weighted by atomic mass is 10.1. The van der Waals surface area contributed by atoms with Crippen LogP contribution in [0.2, 0.25) is 0 Å². The molecule has 0 saturated carbocycles. The van der Waals surface area contributed by atoms with E-state index in [0.29, 0.717) is 11.3 Å². The summed E-state index contributed by atoms with van der Waals surface area (Å²) in [6.45, 7) is -12.1. The third kappa shape index (κ3) is 6.66. The molecule has 6 bridgehead atoms. The molecule has 35 heavy (non-hydrogen) atoms. The third-order valence-corrected chi connectivity index (χ3v) is 5.03. The van der Waals surface area contributed by atoms with Crippen LogP contribution in [-0.2, 0) is 22.6 Å². The second kappa shape index (κ2) is 11.9. The van der Waals surface area contributed by atoms with Crippen molar-refractivity contribution < 1.29 is 30.7 Å². The Morgan fingerprint density at radius 3 is 2.94 bits per heavy atom. The lowest BCUT2D eigenvalue weighted by molar-refractivity contribution is 0.138. The monoisotopic (exact) mass is 484 g/mol. The summed E-state index contributed by atoms with van der Waals surface area (Å²) in [5.74, 6) is -0.158. The molecular weight excluding hydrogens is 440 g/mol. The van der Waals surface area contributed by atoms with Gasteiger partial charge in [0.05, 0.1) is 42.9 Å². The molecule has 0 unspecified atom stereocenters. The Kier molecular flexibility index (Phi) is 4.49. The van der Waals surface area contributed by atoms with Crippen LogP contribution in [0.25, 0.3) is 11.3 Å². The van der Waals surface area contributed by atoms with E-state index in [2.05, 4.69) is 15.3 Å². The van der Waals surface area contributed by atoms with Gasteiger partial charge >= 0.3 is 0 Å². The van der Waals surface area contributed by atoms with Crippen molar-refractivity contribution in [1.82, 2.24) is 14.9 Å². The van der Waals surface area contributed by atoms with Crippen LogP contribution < -0.4 is 10.1 Å². The summed E-state index contributed by atoms with van der Waals surface area (Å²) in [6.07, 6.45) is -0.923. The van der Waals surface area contributed by atoms with Crippen molar-refractivity contribution >= 4 is 11.6 Å². The van der Waals surface area contributed by atoms with E-state index in [1.165, 1.54) is 41.4 Å². The quantitative estimate of drug-likeness (QED) is 0.525. The molecule has 5 rings (SSSR count). The molecule has 3 heterocycles. The van der Waals surface area contributed by atoms with E-state index in [1.54, 1.807) is 18.2 Å². The zero-order chi connectivity index (χ0) is 34.5. The second-order valence-corrected chi connectivity index (χ2v) is 7.56. The van der Waals surface area contributed by atoms with Gasteiger partial charge in [-0.15, -0.1) is 0 Å². The van der Waals surface area contributed by atoms with Crippen molar-refractivity contribution in [3.8, 4) is 17.0 Å². The zero-order valence-corrected chi connectivity index (χ0v) is 18.7.